The first-order chi connectivity index (χ1) is 11.6. The number of ether oxygens (including phenoxy) is 2. The maximum atomic E-state index is 12.2. The Morgan fingerprint density at radius 3 is 2.46 bits per heavy atom. The minimum atomic E-state index is -0.562. The van der Waals surface area contributed by atoms with Crippen LogP contribution in [0.5, 0.6) is 5.75 Å². The van der Waals surface area contributed by atoms with Crippen LogP contribution in [0.2, 0.25) is 0 Å². The molecule has 0 atom stereocenters. The molecule has 126 valence electrons. The van der Waals surface area contributed by atoms with E-state index in [1.54, 1.807) is 48.5 Å². The lowest BCUT2D eigenvalue weighted by atomic mass is 10.1. The first-order valence-electron chi connectivity index (χ1n) is 7.79. The third-order valence-electron chi connectivity index (χ3n) is 3.36. The summed E-state index contributed by atoms with van der Waals surface area (Å²) in [6, 6.07) is 13.8. The number of hydrogen-bond donors (Lipinski definition) is 0. The Morgan fingerprint density at radius 1 is 1.04 bits per heavy atom. The quantitative estimate of drug-likeness (QED) is 0.373. The Labute approximate surface area is 149 Å². The molecule has 24 heavy (non-hydrogen) atoms. The zero-order valence-corrected chi connectivity index (χ0v) is 15.0. The van der Waals surface area contributed by atoms with Gasteiger partial charge in [-0.05, 0) is 30.7 Å². The highest BCUT2D eigenvalue weighted by Crippen LogP contribution is 2.19. The second-order valence-electron chi connectivity index (χ2n) is 5.20. The summed E-state index contributed by atoms with van der Waals surface area (Å²) in [7, 11) is 0. The second-order valence-corrected chi connectivity index (χ2v) is 6.12. The fourth-order valence-corrected chi connectivity index (χ4v) is 2.28. The number of carbonyl (C=O) groups excluding carboxylic acids is 2. The van der Waals surface area contributed by atoms with Gasteiger partial charge in [-0.3, -0.25) is 4.79 Å². The molecule has 0 saturated heterocycles. The van der Waals surface area contributed by atoms with Crippen LogP contribution in [0.15, 0.2) is 53.0 Å². The molecule has 0 N–H and O–H groups in total. The third-order valence-corrected chi connectivity index (χ3v) is 3.89. The number of para-hydroxylation sites is 1. The fourth-order valence-electron chi connectivity index (χ4n) is 2.02. The Balaban J connectivity index is 1.97. The second kappa shape index (κ2) is 9.23. The number of halogens is 1. The SMILES string of the molecule is CCCCOc1ccccc1C(=O)OCC(=O)c1ccc(Br)cc1. The van der Waals surface area contributed by atoms with Crippen LogP contribution < -0.4 is 4.74 Å². The summed E-state index contributed by atoms with van der Waals surface area (Å²) >= 11 is 3.31. The molecule has 0 aliphatic carbocycles. The van der Waals surface area contributed by atoms with Gasteiger partial charge in [0.15, 0.2) is 12.4 Å². The highest BCUT2D eigenvalue weighted by atomic mass is 79.9. The first-order valence-corrected chi connectivity index (χ1v) is 8.59. The largest absolute Gasteiger partial charge is 0.493 e. The van der Waals surface area contributed by atoms with E-state index in [-0.39, 0.29) is 12.4 Å². The van der Waals surface area contributed by atoms with Crippen LogP contribution in [0, 0.1) is 0 Å². The third kappa shape index (κ3) is 5.20. The van der Waals surface area contributed by atoms with Gasteiger partial charge in [-0.25, -0.2) is 4.79 Å². The Bertz CT molecular complexity index is 695. The molecule has 0 aliphatic rings. The van der Waals surface area contributed by atoms with Gasteiger partial charge >= 0.3 is 5.97 Å². The number of hydrogen-bond acceptors (Lipinski definition) is 4. The molecule has 0 heterocycles. The van der Waals surface area contributed by atoms with E-state index in [0.29, 0.717) is 23.5 Å². The molecule has 0 radical (unpaired) electrons. The summed E-state index contributed by atoms with van der Waals surface area (Å²) in [6.07, 6.45) is 1.92. The normalized spacial score (nSPS) is 10.2. The lowest BCUT2D eigenvalue weighted by Crippen LogP contribution is -2.15. The highest BCUT2D eigenvalue weighted by Gasteiger charge is 2.16. The monoisotopic (exact) mass is 390 g/mol. The van der Waals surface area contributed by atoms with E-state index in [1.165, 1.54) is 0 Å². The van der Waals surface area contributed by atoms with Gasteiger partial charge in [-0.2, -0.15) is 0 Å². The number of esters is 1. The van der Waals surface area contributed by atoms with Gasteiger partial charge in [0.05, 0.1) is 6.61 Å². The zero-order valence-electron chi connectivity index (χ0n) is 13.5. The standard InChI is InChI=1S/C19H19BrO4/c1-2-3-12-23-18-7-5-4-6-16(18)19(22)24-13-17(21)14-8-10-15(20)11-9-14/h4-11H,2-3,12-13H2,1H3. The lowest BCUT2D eigenvalue weighted by molar-refractivity contribution is 0.0470. The molecule has 0 spiro atoms. The zero-order chi connectivity index (χ0) is 17.4. The molecule has 4 nitrogen and oxygen atoms in total. The van der Waals surface area contributed by atoms with Crippen LogP contribution in [-0.2, 0) is 4.74 Å². The predicted octanol–water partition coefficient (Wildman–Crippen LogP) is 4.67. The maximum Gasteiger partial charge on any atom is 0.342 e. The molecule has 0 saturated carbocycles. The molecular formula is C19H19BrO4. The average molecular weight is 391 g/mol. The molecule has 2 aromatic carbocycles. The molecule has 0 fully saturated rings. The molecule has 0 aliphatic heterocycles. The first kappa shape index (κ1) is 18.2. The van der Waals surface area contributed by atoms with E-state index >= 15 is 0 Å². The van der Waals surface area contributed by atoms with Crippen molar-refractivity contribution < 1.29 is 19.1 Å². The van der Waals surface area contributed by atoms with E-state index < -0.39 is 5.97 Å². The van der Waals surface area contributed by atoms with Crippen molar-refractivity contribution in [2.24, 2.45) is 0 Å². The molecule has 0 unspecified atom stereocenters. The van der Waals surface area contributed by atoms with Crippen LogP contribution in [0.4, 0.5) is 0 Å². The van der Waals surface area contributed by atoms with Crippen molar-refractivity contribution in [3.63, 3.8) is 0 Å². The summed E-state index contributed by atoms with van der Waals surface area (Å²) in [4.78, 5) is 24.3. The number of Topliss-reactive ketones (excluding diaryl/α,β-unsaturated/α-hetero) is 1. The minimum absolute atomic E-state index is 0.250. The van der Waals surface area contributed by atoms with Crippen LogP contribution >= 0.6 is 15.9 Å². The van der Waals surface area contributed by atoms with Crippen molar-refractivity contribution in [2.75, 3.05) is 13.2 Å². The molecule has 0 amide bonds. The fraction of sp³-hybridized carbons (Fsp3) is 0.263. The van der Waals surface area contributed by atoms with Gasteiger partial charge in [0.2, 0.25) is 0 Å². The van der Waals surface area contributed by atoms with E-state index in [9.17, 15) is 9.59 Å². The molecule has 2 rings (SSSR count). The van der Waals surface area contributed by atoms with Gasteiger partial charge in [-0.15, -0.1) is 0 Å². The van der Waals surface area contributed by atoms with Crippen molar-refractivity contribution >= 4 is 27.7 Å². The van der Waals surface area contributed by atoms with E-state index in [2.05, 4.69) is 22.9 Å². The minimum Gasteiger partial charge on any atom is -0.493 e. The van der Waals surface area contributed by atoms with Crippen LogP contribution in [0.25, 0.3) is 0 Å². The lowest BCUT2D eigenvalue weighted by Gasteiger charge is -2.10. The summed E-state index contributed by atoms with van der Waals surface area (Å²) in [5.74, 6) is -0.333. The smallest absolute Gasteiger partial charge is 0.342 e. The van der Waals surface area contributed by atoms with Gasteiger partial charge < -0.3 is 9.47 Å². The summed E-state index contributed by atoms with van der Waals surface area (Å²) < 4.78 is 11.6. The number of benzene rings is 2. The predicted molar refractivity (Wildman–Crippen MR) is 95.6 cm³/mol. The van der Waals surface area contributed by atoms with E-state index in [1.807, 2.05) is 0 Å². The molecule has 0 bridgehead atoms. The average Bonchev–Trinajstić information content (AvgIpc) is 2.60. The Kier molecular flexibility index (Phi) is 7.00. The molecular weight excluding hydrogens is 372 g/mol. The number of carbonyl (C=O) groups is 2. The van der Waals surface area contributed by atoms with Crippen molar-refractivity contribution in [3.8, 4) is 5.75 Å². The summed E-state index contributed by atoms with van der Waals surface area (Å²) in [5.41, 5.74) is 0.829. The molecule has 5 heteroatoms. The number of unbranched alkanes of at least 4 members (excludes halogenated alkanes) is 1. The van der Waals surface area contributed by atoms with Gasteiger partial charge in [0.25, 0.3) is 0 Å². The van der Waals surface area contributed by atoms with Crippen LogP contribution in [0.1, 0.15) is 40.5 Å². The number of rotatable bonds is 8. The van der Waals surface area contributed by atoms with Crippen molar-refractivity contribution in [1.82, 2.24) is 0 Å². The van der Waals surface area contributed by atoms with Gasteiger partial charge in [0.1, 0.15) is 11.3 Å². The molecule has 2 aromatic rings. The highest BCUT2D eigenvalue weighted by molar-refractivity contribution is 9.10. The van der Waals surface area contributed by atoms with Crippen LogP contribution in [-0.4, -0.2) is 25.0 Å². The van der Waals surface area contributed by atoms with Crippen molar-refractivity contribution in [2.45, 2.75) is 19.8 Å². The maximum absolute atomic E-state index is 12.2. The van der Waals surface area contributed by atoms with E-state index in [4.69, 9.17) is 9.47 Å². The van der Waals surface area contributed by atoms with Crippen molar-refractivity contribution in [3.05, 3.63) is 64.1 Å². The van der Waals surface area contributed by atoms with E-state index in [0.717, 1.165) is 17.3 Å². The Morgan fingerprint density at radius 2 is 1.75 bits per heavy atom. The number of ketones is 1. The molecule has 0 aromatic heterocycles. The summed E-state index contributed by atoms with van der Waals surface area (Å²) in [6.45, 7) is 2.31. The summed E-state index contributed by atoms with van der Waals surface area (Å²) in [5, 5.41) is 0. The Hall–Kier alpha value is -2.14. The van der Waals surface area contributed by atoms with Crippen molar-refractivity contribution in [1.29, 1.82) is 0 Å². The van der Waals surface area contributed by atoms with Gasteiger partial charge in [0, 0.05) is 10.0 Å². The van der Waals surface area contributed by atoms with Crippen LogP contribution in [0.3, 0.4) is 0 Å². The van der Waals surface area contributed by atoms with Gasteiger partial charge in [-0.1, -0.05) is 53.5 Å². The topological polar surface area (TPSA) is 52.6 Å².